The van der Waals surface area contributed by atoms with Gasteiger partial charge in [0.2, 0.25) is 5.91 Å². The number of hydrogen-bond donors (Lipinski definition) is 1. The summed E-state index contributed by atoms with van der Waals surface area (Å²) in [7, 11) is 0. The summed E-state index contributed by atoms with van der Waals surface area (Å²) in [5.41, 5.74) is 1.50. The van der Waals surface area contributed by atoms with Crippen molar-refractivity contribution in [3.05, 3.63) is 36.3 Å². The molecule has 1 fully saturated rings. The average molecular weight is 315 g/mol. The number of fused-ring (bicyclic) bond motifs is 1. The zero-order chi connectivity index (χ0) is 16.2. The van der Waals surface area contributed by atoms with Gasteiger partial charge in [-0.1, -0.05) is 6.92 Å². The van der Waals surface area contributed by atoms with Crippen LogP contribution in [0.5, 0.6) is 0 Å². The van der Waals surface area contributed by atoms with E-state index >= 15 is 0 Å². The van der Waals surface area contributed by atoms with E-state index in [4.69, 9.17) is 0 Å². The minimum Gasteiger partial charge on any atom is -0.384 e. The zero-order valence-electron chi connectivity index (χ0n) is 13.4. The number of piperidine rings is 1. The lowest BCUT2D eigenvalue weighted by Crippen LogP contribution is -2.39. The van der Waals surface area contributed by atoms with Crippen molar-refractivity contribution in [3.8, 4) is 0 Å². The van der Waals surface area contributed by atoms with E-state index in [0.717, 1.165) is 30.6 Å². The Hall–Kier alpha value is -2.17. The predicted molar refractivity (Wildman–Crippen MR) is 89.8 cm³/mol. The molecule has 1 unspecified atom stereocenters. The number of anilines is 1. The van der Waals surface area contributed by atoms with Gasteiger partial charge in [0, 0.05) is 49.4 Å². The number of nitrogens with zero attached hydrogens (tertiary/aromatic N) is 2. The number of halogens is 1. The molecule has 5 heteroatoms. The number of carbonyl (C=O) groups excluding carboxylic acids is 1. The summed E-state index contributed by atoms with van der Waals surface area (Å²) in [6.45, 7) is 4.51. The first kappa shape index (κ1) is 15.7. The fraction of sp³-hybridized carbons (Fsp3) is 0.444. The van der Waals surface area contributed by atoms with Gasteiger partial charge in [0.25, 0.3) is 0 Å². The Morgan fingerprint density at radius 1 is 1.43 bits per heavy atom. The molecule has 1 N–H and O–H groups in total. The zero-order valence-corrected chi connectivity index (χ0v) is 13.4. The molecule has 1 aliphatic heterocycles. The van der Waals surface area contributed by atoms with Gasteiger partial charge in [-0.2, -0.15) is 0 Å². The van der Waals surface area contributed by atoms with Gasteiger partial charge in [0.15, 0.2) is 0 Å². The maximum Gasteiger partial charge on any atom is 0.224 e. The third-order valence-electron chi connectivity index (χ3n) is 4.37. The smallest absolute Gasteiger partial charge is 0.224 e. The van der Waals surface area contributed by atoms with Gasteiger partial charge < -0.3 is 10.2 Å². The Labute approximate surface area is 135 Å². The number of rotatable bonds is 4. The fourth-order valence-electron chi connectivity index (χ4n) is 3.15. The molecule has 23 heavy (non-hydrogen) atoms. The average Bonchev–Trinajstić information content (AvgIpc) is 2.54. The molecule has 4 nitrogen and oxygen atoms in total. The number of benzene rings is 1. The van der Waals surface area contributed by atoms with Crippen molar-refractivity contribution >= 4 is 22.5 Å². The van der Waals surface area contributed by atoms with Gasteiger partial charge >= 0.3 is 0 Å². The van der Waals surface area contributed by atoms with Crippen LogP contribution in [0.25, 0.3) is 10.9 Å². The second kappa shape index (κ2) is 6.94. The molecule has 122 valence electrons. The molecule has 1 saturated heterocycles. The molecule has 2 aromatic rings. The normalized spacial score (nSPS) is 18.2. The highest BCUT2D eigenvalue weighted by Crippen LogP contribution is 2.22. The van der Waals surface area contributed by atoms with Crippen LogP contribution in [0.2, 0.25) is 0 Å². The highest BCUT2D eigenvalue weighted by Gasteiger charge is 2.20. The van der Waals surface area contributed by atoms with E-state index in [1.807, 2.05) is 11.0 Å². The molecule has 2 heterocycles. The molecule has 1 aromatic carbocycles. The molecule has 0 bridgehead atoms. The summed E-state index contributed by atoms with van der Waals surface area (Å²) in [6, 6.07) is 6.41. The van der Waals surface area contributed by atoms with Crippen molar-refractivity contribution in [1.82, 2.24) is 9.88 Å². The standard InChI is InChI=1S/C18H22FN3O/c1-13-3-2-10-22(12-13)18(23)7-9-20-16-6-8-21-17-11-14(19)4-5-15(16)17/h4-6,8,11,13H,2-3,7,9-10,12H2,1H3,(H,20,21). The van der Waals surface area contributed by atoms with Crippen molar-refractivity contribution in [2.75, 3.05) is 25.0 Å². The van der Waals surface area contributed by atoms with E-state index in [2.05, 4.69) is 17.2 Å². The summed E-state index contributed by atoms with van der Waals surface area (Å²) in [5.74, 6) is 0.504. The van der Waals surface area contributed by atoms with Crippen LogP contribution in [0.4, 0.5) is 10.1 Å². The number of aromatic nitrogens is 1. The predicted octanol–water partition coefficient (Wildman–Crippen LogP) is 3.43. The number of hydrogen-bond acceptors (Lipinski definition) is 3. The monoisotopic (exact) mass is 315 g/mol. The second-order valence-corrected chi connectivity index (χ2v) is 6.28. The van der Waals surface area contributed by atoms with Crippen LogP contribution in [-0.2, 0) is 4.79 Å². The number of amides is 1. The number of nitrogens with one attached hydrogen (secondary N) is 1. The van der Waals surface area contributed by atoms with Gasteiger partial charge in [-0.25, -0.2) is 4.39 Å². The minimum atomic E-state index is -0.295. The number of likely N-dealkylation sites (tertiary alicyclic amines) is 1. The van der Waals surface area contributed by atoms with Crippen LogP contribution >= 0.6 is 0 Å². The Kier molecular flexibility index (Phi) is 4.74. The maximum absolute atomic E-state index is 13.3. The first-order valence-corrected chi connectivity index (χ1v) is 8.19. The van der Waals surface area contributed by atoms with Crippen LogP contribution in [0, 0.1) is 11.7 Å². The highest BCUT2D eigenvalue weighted by molar-refractivity contribution is 5.91. The summed E-state index contributed by atoms with van der Waals surface area (Å²) < 4.78 is 13.3. The van der Waals surface area contributed by atoms with Gasteiger partial charge in [-0.3, -0.25) is 9.78 Å². The Morgan fingerprint density at radius 2 is 2.30 bits per heavy atom. The molecule has 0 radical (unpaired) electrons. The number of pyridine rings is 1. The lowest BCUT2D eigenvalue weighted by Gasteiger charge is -2.31. The molecule has 1 aromatic heterocycles. The summed E-state index contributed by atoms with van der Waals surface area (Å²) in [4.78, 5) is 18.4. The lowest BCUT2D eigenvalue weighted by atomic mass is 10.00. The molecular weight excluding hydrogens is 293 g/mol. The molecule has 3 rings (SSSR count). The number of carbonyl (C=O) groups is 1. The van der Waals surface area contributed by atoms with Crippen LogP contribution in [0.15, 0.2) is 30.5 Å². The summed E-state index contributed by atoms with van der Waals surface area (Å²) in [6.07, 6.45) is 4.43. The molecule has 0 spiro atoms. The van der Waals surface area contributed by atoms with E-state index in [0.29, 0.717) is 24.4 Å². The van der Waals surface area contributed by atoms with Crippen molar-refractivity contribution < 1.29 is 9.18 Å². The first-order valence-electron chi connectivity index (χ1n) is 8.19. The molecule has 1 atom stereocenters. The lowest BCUT2D eigenvalue weighted by molar-refractivity contribution is -0.132. The van der Waals surface area contributed by atoms with E-state index in [1.54, 1.807) is 12.3 Å². The highest BCUT2D eigenvalue weighted by atomic mass is 19.1. The first-order chi connectivity index (χ1) is 11.1. The Balaban J connectivity index is 1.59. The van der Waals surface area contributed by atoms with E-state index in [9.17, 15) is 9.18 Å². The second-order valence-electron chi connectivity index (χ2n) is 6.28. The van der Waals surface area contributed by atoms with Gasteiger partial charge in [-0.15, -0.1) is 0 Å². The quantitative estimate of drug-likeness (QED) is 0.940. The maximum atomic E-state index is 13.3. The van der Waals surface area contributed by atoms with Crippen LogP contribution in [-0.4, -0.2) is 35.4 Å². The topological polar surface area (TPSA) is 45.2 Å². The Bertz CT molecular complexity index is 704. The van der Waals surface area contributed by atoms with Crippen LogP contribution < -0.4 is 5.32 Å². The molecule has 1 aliphatic rings. The summed E-state index contributed by atoms with van der Waals surface area (Å²) in [5, 5.41) is 4.15. The van der Waals surface area contributed by atoms with Gasteiger partial charge in [0.05, 0.1) is 5.52 Å². The van der Waals surface area contributed by atoms with E-state index in [1.165, 1.54) is 18.6 Å². The molecule has 0 aliphatic carbocycles. The molecule has 1 amide bonds. The van der Waals surface area contributed by atoms with Crippen molar-refractivity contribution in [1.29, 1.82) is 0 Å². The Morgan fingerprint density at radius 3 is 3.13 bits per heavy atom. The molecular formula is C18H22FN3O. The summed E-state index contributed by atoms with van der Waals surface area (Å²) >= 11 is 0. The largest absolute Gasteiger partial charge is 0.384 e. The van der Waals surface area contributed by atoms with Gasteiger partial charge in [-0.05, 0) is 37.0 Å². The van der Waals surface area contributed by atoms with Crippen LogP contribution in [0.1, 0.15) is 26.2 Å². The van der Waals surface area contributed by atoms with E-state index in [-0.39, 0.29) is 11.7 Å². The van der Waals surface area contributed by atoms with Crippen LogP contribution in [0.3, 0.4) is 0 Å². The van der Waals surface area contributed by atoms with Gasteiger partial charge in [0.1, 0.15) is 5.82 Å². The third kappa shape index (κ3) is 3.78. The molecule has 0 saturated carbocycles. The van der Waals surface area contributed by atoms with E-state index < -0.39 is 0 Å². The van der Waals surface area contributed by atoms with Crippen molar-refractivity contribution in [2.24, 2.45) is 5.92 Å². The third-order valence-corrected chi connectivity index (χ3v) is 4.37. The van der Waals surface area contributed by atoms with Crippen molar-refractivity contribution in [3.63, 3.8) is 0 Å². The van der Waals surface area contributed by atoms with Crippen molar-refractivity contribution in [2.45, 2.75) is 26.2 Å². The fourth-order valence-corrected chi connectivity index (χ4v) is 3.15. The SMILES string of the molecule is CC1CCCN(C(=O)CCNc2ccnc3cc(F)ccc23)C1. The minimum absolute atomic E-state index is 0.202.